The lowest BCUT2D eigenvalue weighted by Gasteiger charge is -2.18. The molecule has 1 amide bonds. The van der Waals surface area contributed by atoms with Gasteiger partial charge in [-0.3, -0.25) is 9.38 Å². The molecule has 3 aromatic heterocycles. The summed E-state index contributed by atoms with van der Waals surface area (Å²) in [6.45, 7) is 1.00. The van der Waals surface area contributed by atoms with Crippen LogP contribution in [-0.2, 0) is 16.7 Å². The summed E-state index contributed by atoms with van der Waals surface area (Å²) in [5.41, 5.74) is 5.06. The Kier molecular flexibility index (Phi) is 4.57. The number of fused-ring (bicyclic) bond motifs is 2. The standard InChI is InChI=1S/C28H22FN5O2/c29-23-13-19(6-7-20(23)16-33-11-12-36-27(33)35)21-14-31-26-32-15-24(34(26)17-21)28(8-9-28)22-5-1-3-18-4-2-10-30-25(18)22/h1-7,10,13-15,17H,8-9,11-12,16H2. The molecular formula is C28H22FN5O2. The Bertz CT molecular complexity index is 1650. The Morgan fingerprint density at radius 3 is 2.67 bits per heavy atom. The maximum Gasteiger partial charge on any atom is 0.410 e. The van der Waals surface area contributed by atoms with Gasteiger partial charge in [0.05, 0.1) is 30.5 Å². The van der Waals surface area contributed by atoms with Crippen LogP contribution in [0, 0.1) is 5.82 Å². The van der Waals surface area contributed by atoms with Crippen LogP contribution in [0.1, 0.15) is 29.7 Å². The third-order valence-corrected chi connectivity index (χ3v) is 7.35. The predicted molar refractivity (Wildman–Crippen MR) is 132 cm³/mol. The smallest absolute Gasteiger partial charge is 0.410 e. The van der Waals surface area contributed by atoms with Crippen LogP contribution in [0.4, 0.5) is 9.18 Å². The minimum absolute atomic E-state index is 0.174. The maximum atomic E-state index is 15.0. The third kappa shape index (κ3) is 3.25. The van der Waals surface area contributed by atoms with Crippen molar-refractivity contribution in [2.75, 3.05) is 13.2 Å². The lowest BCUT2D eigenvalue weighted by atomic mass is 9.90. The van der Waals surface area contributed by atoms with E-state index >= 15 is 0 Å². The van der Waals surface area contributed by atoms with Gasteiger partial charge in [-0.05, 0) is 36.1 Å². The average molecular weight is 480 g/mol. The van der Waals surface area contributed by atoms with E-state index in [4.69, 9.17) is 4.74 Å². The second-order valence-electron chi connectivity index (χ2n) is 9.46. The highest BCUT2D eigenvalue weighted by molar-refractivity contribution is 5.84. The van der Waals surface area contributed by atoms with Crippen LogP contribution in [0.3, 0.4) is 0 Å². The molecule has 0 atom stereocenters. The van der Waals surface area contributed by atoms with Crippen LogP contribution in [0.5, 0.6) is 0 Å². The number of carbonyl (C=O) groups excluding carboxylic acids is 1. The van der Waals surface area contributed by atoms with Gasteiger partial charge in [0.25, 0.3) is 0 Å². The minimum Gasteiger partial charge on any atom is -0.448 e. The van der Waals surface area contributed by atoms with Crippen LogP contribution in [0.15, 0.2) is 73.3 Å². The summed E-state index contributed by atoms with van der Waals surface area (Å²) in [6.07, 6.45) is 9.04. The summed E-state index contributed by atoms with van der Waals surface area (Å²) in [4.78, 5) is 27.0. The van der Waals surface area contributed by atoms with Crippen molar-refractivity contribution in [1.82, 2.24) is 24.3 Å². The zero-order chi connectivity index (χ0) is 24.3. The van der Waals surface area contributed by atoms with Crippen molar-refractivity contribution in [2.24, 2.45) is 0 Å². The van der Waals surface area contributed by atoms with Crippen molar-refractivity contribution in [3.8, 4) is 11.1 Å². The van der Waals surface area contributed by atoms with E-state index in [0.29, 0.717) is 30.1 Å². The largest absolute Gasteiger partial charge is 0.448 e. The Balaban J connectivity index is 1.27. The first-order chi connectivity index (χ1) is 17.6. The van der Waals surface area contributed by atoms with Crippen LogP contribution < -0.4 is 0 Å². The fourth-order valence-electron chi connectivity index (χ4n) is 5.29. The second kappa shape index (κ2) is 7.84. The van der Waals surface area contributed by atoms with Gasteiger partial charge in [-0.25, -0.2) is 19.2 Å². The summed E-state index contributed by atoms with van der Waals surface area (Å²) in [5, 5.41) is 1.12. The number of cyclic esters (lactones) is 1. The number of para-hydroxylation sites is 1. The first kappa shape index (κ1) is 21.0. The molecule has 178 valence electrons. The molecular weight excluding hydrogens is 457 g/mol. The molecule has 2 aromatic carbocycles. The Morgan fingerprint density at radius 2 is 1.86 bits per heavy atom. The quantitative estimate of drug-likeness (QED) is 0.350. The summed E-state index contributed by atoms with van der Waals surface area (Å²) in [6, 6.07) is 15.4. The molecule has 4 heterocycles. The highest BCUT2D eigenvalue weighted by Gasteiger charge is 2.49. The number of benzene rings is 2. The van der Waals surface area contributed by atoms with Crippen LogP contribution in [0.2, 0.25) is 0 Å². The Hall–Kier alpha value is -4.33. The molecule has 1 saturated carbocycles. The SMILES string of the molecule is O=C1OCCN1Cc1ccc(-c2cnc3ncc(C4(c5cccc6cccnc56)CC4)n3c2)cc1F. The number of nitrogens with zero attached hydrogens (tertiary/aromatic N) is 5. The topological polar surface area (TPSA) is 72.6 Å². The number of ether oxygens (including phenoxy) is 1. The molecule has 0 bridgehead atoms. The van der Waals surface area contributed by atoms with Crippen molar-refractivity contribution in [3.05, 3.63) is 96.0 Å². The van der Waals surface area contributed by atoms with Gasteiger partial charge in [-0.2, -0.15) is 0 Å². The van der Waals surface area contributed by atoms with E-state index in [2.05, 4.69) is 39.2 Å². The molecule has 0 N–H and O–H groups in total. The lowest BCUT2D eigenvalue weighted by molar-refractivity contribution is 0.157. The maximum absolute atomic E-state index is 15.0. The van der Waals surface area contributed by atoms with Gasteiger partial charge >= 0.3 is 6.09 Å². The van der Waals surface area contributed by atoms with Crippen molar-refractivity contribution in [1.29, 1.82) is 0 Å². The molecule has 1 aliphatic heterocycles. The number of carbonyl (C=O) groups is 1. The van der Waals surface area contributed by atoms with Crippen LogP contribution in [0.25, 0.3) is 27.8 Å². The number of rotatable bonds is 5. The molecule has 1 saturated heterocycles. The molecule has 2 aliphatic rings. The molecule has 1 aliphatic carbocycles. The molecule has 0 unspecified atom stereocenters. The number of amides is 1. The van der Waals surface area contributed by atoms with E-state index in [1.807, 2.05) is 35.1 Å². The fraction of sp³-hybridized carbons (Fsp3) is 0.214. The van der Waals surface area contributed by atoms with Gasteiger partial charge in [0.1, 0.15) is 12.4 Å². The Labute approximate surface area is 206 Å². The van der Waals surface area contributed by atoms with Gasteiger partial charge in [-0.1, -0.05) is 36.4 Å². The zero-order valence-corrected chi connectivity index (χ0v) is 19.4. The van der Waals surface area contributed by atoms with Gasteiger partial charge in [0, 0.05) is 40.5 Å². The second-order valence-corrected chi connectivity index (χ2v) is 9.46. The van der Waals surface area contributed by atoms with Crippen molar-refractivity contribution >= 4 is 22.8 Å². The number of imidazole rings is 1. The van der Waals surface area contributed by atoms with Gasteiger partial charge in [0.2, 0.25) is 5.78 Å². The fourth-order valence-corrected chi connectivity index (χ4v) is 5.29. The molecule has 7 rings (SSSR count). The number of hydrogen-bond acceptors (Lipinski definition) is 5. The van der Waals surface area contributed by atoms with Gasteiger partial charge < -0.3 is 9.64 Å². The highest BCUT2D eigenvalue weighted by Crippen LogP contribution is 2.54. The molecule has 8 heteroatoms. The number of aromatic nitrogens is 4. The van der Waals surface area contributed by atoms with Crippen molar-refractivity contribution in [2.45, 2.75) is 24.8 Å². The van der Waals surface area contributed by atoms with Gasteiger partial charge in [-0.15, -0.1) is 0 Å². The molecule has 7 nitrogen and oxygen atoms in total. The minimum atomic E-state index is -0.406. The monoisotopic (exact) mass is 479 g/mol. The molecule has 0 radical (unpaired) electrons. The average Bonchev–Trinajstić information content (AvgIpc) is 3.42. The summed E-state index contributed by atoms with van der Waals surface area (Å²) >= 11 is 0. The van der Waals surface area contributed by atoms with E-state index in [1.54, 1.807) is 12.3 Å². The highest BCUT2D eigenvalue weighted by atomic mass is 19.1. The van der Waals surface area contributed by atoms with Crippen LogP contribution >= 0.6 is 0 Å². The van der Waals surface area contributed by atoms with E-state index < -0.39 is 6.09 Å². The Morgan fingerprint density at radius 1 is 1.00 bits per heavy atom. The van der Waals surface area contributed by atoms with Crippen molar-refractivity contribution < 1.29 is 13.9 Å². The summed E-state index contributed by atoms with van der Waals surface area (Å²) in [7, 11) is 0. The molecule has 0 spiro atoms. The molecule has 2 fully saturated rings. The normalized spacial score (nSPS) is 16.6. The lowest BCUT2D eigenvalue weighted by Crippen LogP contribution is -2.24. The zero-order valence-electron chi connectivity index (χ0n) is 19.4. The number of halogens is 1. The van der Waals surface area contributed by atoms with E-state index in [1.165, 1.54) is 16.5 Å². The van der Waals surface area contributed by atoms with E-state index in [-0.39, 0.29) is 17.8 Å². The predicted octanol–water partition coefficient (Wildman–Crippen LogP) is 5.12. The summed E-state index contributed by atoms with van der Waals surface area (Å²) in [5.74, 6) is 0.247. The number of hydrogen-bond donors (Lipinski definition) is 0. The summed E-state index contributed by atoms with van der Waals surface area (Å²) < 4.78 is 22.0. The van der Waals surface area contributed by atoms with E-state index in [9.17, 15) is 9.18 Å². The van der Waals surface area contributed by atoms with Crippen molar-refractivity contribution in [3.63, 3.8) is 0 Å². The van der Waals surface area contributed by atoms with Crippen LogP contribution in [-0.4, -0.2) is 43.5 Å². The van der Waals surface area contributed by atoms with Gasteiger partial charge in [0.15, 0.2) is 0 Å². The molecule has 5 aromatic rings. The third-order valence-electron chi connectivity index (χ3n) is 7.35. The first-order valence-corrected chi connectivity index (χ1v) is 12.0. The number of pyridine rings is 1. The van der Waals surface area contributed by atoms with E-state index in [0.717, 1.165) is 35.0 Å². The molecule has 36 heavy (non-hydrogen) atoms. The first-order valence-electron chi connectivity index (χ1n) is 12.0.